The summed E-state index contributed by atoms with van der Waals surface area (Å²) in [4.78, 5) is 23.7. The molecule has 1 amide bonds. The lowest BCUT2D eigenvalue weighted by Gasteiger charge is -2.23. The Labute approximate surface area is 162 Å². The zero-order chi connectivity index (χ0) is 19.5. The topological polar surface area (TPSA) is 87.2 Å². The number of rotatable bonds is 3. The molecule has 2 fully saturated rings. The highest BCUT2D eigenvalue weighted by Gasteiger charge is 2.61. The number of hydrogen-bond donors (Lipinski definition) is 0. The average molecular weight is 372 g/mol. The van der Waals surface area contributed by atoms with Crippen LogP contribution in [0.2, 0.25) is 0 Å². The third kappa shape index (κ3) is 2.27. The molecule has 0 unspecified atom stereocenters. The van der Waals surface area contributed by atoms with Gasteiger partial charge in [-0.05, 0) is 37.8 Å². The van der Waals surface area contributed by atoms with Crippen LogP contribution in [0.3, 0.4) is 0 Å². The fourth-order valence-corrected chi connectivity index (χ4v) is 4.44. The third-order valence-electron chi connectivity index (χ3n) is 6.13. The molecule has 5 rings (SSSR count). The van der Waals surface area contributed by atoms with E-state index in [1.807, 2.05) is 32.2 Å². The van der Waals surface area contributed by atoms with E-state index in [4.69, 9.17) is 0 Å². The van der Waals surface area contributed by atoms with Gasteiger partial charge in [-0.15, -0.1) is 0 Å². The Morgan fingerprint density at radius 2 is 2.00 bits per heavy atom. The van der Waals surface area contributed by atoms with E-state index in [1.54, 1.807) is 28.0 Å². The molecular weight excluding hydrogens is 352 g/mol. The zero-order valence-electron chi connectivity index (χ0n) is 15.8. The summed E-state index contributed by atoms with van der Waals surface area (Å²) in [7, 11) is 0. The van der Waals surface area contributed by atoms with E-state index in [0.717, 1.165) is 41.0 Å². The van der Waals surface area contributed by atoms with Crippen molar-refractivity contribution in [2.75, 3.05) is 11.4 Å². The Morgan fingerprint density at radius 3 is 2.68 bits per heavy atom. The highest BCUT2D eigenvalue weighted by Crippen LogP contribution is 2.54. The standard InChI is InChI=1S/C21H20N6O/c1-13-10-26(20(28)21(13,12-22)17-3-4-17)18-5-6-25-27-11-15(7-19(18)27)16-8-23-14(2)24-9-16/h5-9,11,13,17H,3-4,10H2,1-2H3/t13-,21+/m1/s1. The van der Waals surface area contributed by atoms with Crippen molar-refractivity contribution in [2.24, 2.45) is 17.3 Å². The summed E-state index contributed by atoms with van der Waals surface area (Å²) in [6, 6.07) is 6.25. The summed E-state index contributed by atoms with van der Waals surface area (Å²) in [5, 5.41) is 14.3. The van der Waals surface area contributed by atoms with Gasteiger partial charge in [0.15, 0.2) is 0 Å². The summed E-state index contributed by atoms with van der Waals surface area (Å²) in [5.41, 5.74) is 2.58. The average Bonchev–Trinajstić information content (AvgIpc) is 3.39. The third-order valence-corrected chi connectivity index (χ3v) is 6.13. The number of amides is 1. The van der Waals surface area contributed by atoms with Crippen molar-refractivity contribution in [3.05, 3.63) is 42.7 Å². The summed E-state index contributed by atoms with van der Waals surface area (Å²) < 4.78 is 1.77. The van der Waals surface area contributed by atoms with E-state index >= 15 is 0 Å². The van der Waals surface area contributed by atoms with E-state index in [-0.39, 0.29) is 17.7 Å². The van der Waals surface area contributed by atoms with Gasteiger partial charge in [0.1, 0.15) is 11.2 Å². The second kappa shape index (κ2) is 5.86. The van der Waals surface area contributed by atoms with Gasteiger partial charge in [0.05, 0.1) is 17.3 Å². The first-order chi connectivity index (χ1) is 13.5. The van der Waals surface area contributed by atoms with Crippen molar-refractivity contribution in [1.29, 1.82) is 5.26 Å². The van der Waals surface area contributed by atoms with Crippen LogP contribution in [-0.2, 0) is 4.79 Å². The summed E-state index contributed by atoms with van der Waals surface area (Å²) in [6.45, 7) is 4.42. The van der Waals surface area contributed by atoms with Crippen LogP contribution in [0, 0.1) is 35.5 Å². The molecule has 0 bridgehead atoms. The first kappa shape index (κ1) is 16.9. The fraction of sp³-hybridized carbons (Fsp3) is 0.381. The summed E-state index contributed by atoms with van der Waals surface area (Å²) in [5.74, 6) is 0.843. The van der Waals surface area contributed by atoms with Crippen molar-refractivity contribution < 1.29 is 4.79 Å². The van der Waals surface area contributed by atoms with E-state index < -0.39 is 5.41 Å². The van der Waals surface area contributed by atoms with Crippen molar-refractivity contribution in [1.82, 2.24) is 19.6 Å². The minimum atomic E-state index is -0.888. The van der Waals surface area contributed by atoms with Gasteiger partial charge in [0.2, 0.25) is 5.91 Å². The van der Waals surface area contributed by atoms with Crippen LogP contribution >= 0.6 is 0 Å². The molecule has 1 saturated heterocycles. The molecule has 7 heteroatoms. The molecular formula is C21H20N6O. The van der Waals surface area contributed by atoms with Crippen LogP contribution in [-0.4, -0.2) is 32.0 Å². The molecule has 7 nitrogen and oxygen atoms in total. The number of carbonyl (C=O) groups is 1. The largest absolute Gasteiger partial charge is 0.309 e. The maximum absolute atomic E-state index is 13.4. The molecule has 1 saturated carbocycles. The van der Waals surface area contributed by atoms with Gasteiger partial charge in [-0.3, -0.25) is 4.79 Å². The maximum Gasteiger partial charge on any atom is 0.248 e. The smallest absolute Gasteiger partial charge is 0.248 e. The predicted octanol–water partition coefficient (Wildman–Crippen LogP) is 3.00. The lowest BCUT2D eigenvalue weighted by molar-refractivity contribution is -0.124. The molecule has 3 aromatic heterocycles. The fourth-order valence-electron chi connectivity index (χ4n) is 4.44. The molecule has 0 N–H and O–H groups in total. The number of aryl methyl sites for hydroxylation is 1. The van der Waals surface area contributed by atoms with Crippen molar-refractivity contribution in [3.63, 3.8) is 0 Å². The molecule has 28 heavy (non-hydrogen) atoms. The van der Waals surface area contributed by atoms with Gasteiger partial charge >= 0.3 is 0 Å². The van der Waals surface area contributed by atoms with Crippen LogP contribution in [0.25, 0.3) is 16.6 Å². The van der Waals surface area contributed by atoms with Crippen LogP contribution in [0.5, 0.6) is 0 Å². The Bertz CT molecular complexity index is 1120. The van der Waals surface area contributed by atoms with Gasteiger partial charge in [-0.2, -0.15) is 10.4 Å². The Kier molecular flexibility index (Phi) is 3.53. The van der Waals surface area contributed by atoms with Gasteiger partial charge in [0, 0.05) is 48.4 Å². The molecule has 3 aromatic rings. The highest BCUT2D eigenvalue weighted by molar-refractivity contribution is 6.05. The van der Waals surface area contributed by atoms with Crippen LogP contribution in [0.15, 0.2) is 36.9 Å². The molecule has 1 aliphatic heterocycles. The second-order valence-electron chi connectivity index (χ2n) is 7.87. The van der Waals surface area contributed by atoms with E-state index in [0.29, 0.717) is 6.54 Å². The Balaban J connectivity index is 1.59. The summed E-state index contributed by atoms with van der Waals surface area (Å²) >= 11 is 0. The van der Waals surface area contributed by atoms with E-state index in [1.165, 1.54) is 0 Å². The Hall–Kier alpha value is -3.27. The number of nitriles is 1. The molecule has 0 aromatic carbocycles. The number of aromatic nitrogens is 4. The molecule has 140 valence electrons. The Morgan fingerprint density at radius 1 is 1.25 bits per heavy atom. The minimum Gasteiger partial charge on any atom is -0.309 e. The number of hydrogen-bond acceptors (Lipinski definition) is 5. The van der Waals surface area contributed by atoms with Gasteiger partial charge < -0.3 is 4.90 Å². The first-order valence-electron chi connectivity index (χ1n) is 9.54. The molecule has 0 spiro atoms. The van der Waals surface area contributed by atoms with Crippen LogP contribution in [0.1, 0.15) is 25.6 Å². The summed E-state index contributed by atoms with van der Waals surface area (Å²) in [6.07, 6.45) is 9.10. The highest BCUT2D eigenvalue weighted by atomic mass is 16.2. The van der Waals surface area contributed by atoms with Gasteiger partial charge in [-0.1, -0.05) is 6.92 Å². The van der Waals surface area contributed by atoms with Crippen molar-refractivity contribution >= 4 is 17.1 Å². The number of anilines is 1. The molecule has 2 atom stereocenters. The normalized spacial score (nSPS) is 24.7. The maximum atomic E-state index is 13.4. The van der Waals surface area contributed by atoms with E-state index in [2.05, 4.69) is 21.1 Å². The number of carbonyl (C=O) groups excluding carboxylic acids is 1. The van der Waals surface area contributed by atoms with E-state index in [9.17, 15) is 10.1 Å². The lowest BCUT2D eigenvalue weighted by Crippen LogP contribution is -2.37. The molecule has 1 aliphatic carbocycles. The molecule has 0 radical (unpaired) electrons. The number of nitrogens with zero attached hydrogens (tertiary/aromatic N) is 6. The quantitative estimate of drug-likeness (QED) is 0.705. The molecule has 4 heterocycles. The van der Waals surface area contributed by atoms with Crippen molar-refractivity contribution in [2.45, 2.75) is 26.7 Å². The van der Waals surface area contributed by atoms with Crippen LogP contribution in [0.4, 0.5) is 5.69 Å². The van der Waals surface area contributed by atoms with Gasteiger partial charge in [-0.25, -0.2) is 14.5 Å². The second-order valence-corrected chi connectivity index (χ2v) is 7.87. The SMILES string of the molecule is Cc1ncc(-c2cc3c(N4C[C@@H](C)[C@@](C#N)(C5CC5)C4=O)ccnn3c2)cn1. The van der Waals surface area contributed by atoms with Crippen molar-refractivity contribution in [3.8, 4) is 17.2 Å². The monoisotopic (exact) mass is 372 g/mol. The lowest BCUT2D eigenvalue weighted by atomic mass is 9.75. The predicted molar refractivity (Wildman–Crippen MR) is 103 cm³/mol. The van der Waals surface area contributed by atoms with Crippen LogP contribution < -0.4 is 4.90 Å². The minimum absolute atomic E-state index is 0.00523. The first-order valence-corrected chi connectivity index (χ1v) is 9.54. The number of fused-ring (bicyclic) bond motifs is 1. The van der Waals surface area contributed by atoms with Gasteiger partial charge in [0.25, 0.3) is 0 Å². The molecule has 2 aliphatic rings. The zero-order valence-corrected chi connectivity index (χ0v) is 15.8.